The van der Waals surface area contributed by atoms with Gasteiger partial charge in [-0.15, -0.1) is 0 Å². The molecule has 1 amide bonds. The van der Waals surface area contributed by atoms with E-state index in [4.69, 9.17) is 9.47 Å². The van der Waals surface area contributed by atoms with Crippen molar-refractivity contribution in [1.29, 1.82) is 0 Å². The summed E-state index contributed by atoms with van der Waals surface area (Å²) in [5.74, 6) is -0.287. The summed E-state index contributed by atoms with van der Waals surface area (Å²) >= 11 is 0. The predicted molar refractivity (Wildman–Crippen MR) is 117 cm³/mol. The SMILES string of the molecule is C=CC1=C(C=C)[C@H](c2ccc(F)cc2)N(C=O)CC1.C[CH-]OC1CC[C@H](C)OC1.O.[V]. The number of allylic oxidation sites excluding steroid dienone is 1. The first kappa shape index (κ1) is 29.3. The van der Waals surface area contributed by atoms with Crippen molar-refractivity contribution in [3.05, 3.63) is 78.7 Å². The van der Waals surface area contributed by atoms with Crippen molar-refractivity contribution < 1.29 is 42.7 Å². The Hall–Kier alpha value is -1.70. The van der Waals surface area contributed by atoms with E-state index in [-0.39, 0.29) is 35.9 Å². The Bertz CT molecular complexity index is 715. The first-order valence-corrected chi connectivity index (χ1v) is 10.0. The molecule has 2 aliphatic rings. The maximum atomic E-state index is 13.0. The van der Waals surface area contributed by atoms with Crippen molar-refractivity contribution >= 4 is 6.41 Å². The standard InChI is InChI=1S/C16H16FNO.C8H15O2.H2O.V/c1-3-12-9-10-18(11-19)16(15(12)4-2)13-5-7-14(17)8-6-13;1-3-9-8-5-4-7(2)10-6-8;;/h3-8,11,16H,1-2,9-10H2;3,7-8H,4-6H2,1-2H3;1H2;/q;-1;;/t16-;7-,8?;;/m00../s1. The van der Waals surface area contributed by atoms with E-state index in [9.17, 15) is 9.18 Å². The molecule has 3 atom stereocenters. The molecule has 2 heterocycles. The van der Waals surface area contributed by atoms with Gasteiger partial charge in [-0.25, -0.2) is 11.0 Å². The second-order valence-electron chi connectivity index (χ2n) is 7.15. The third-order valence-corrected chi connectivity index (χ3v) is 5.21. The van der Waals surface area contributed by atoms with Gasteiger partial charge in [0.25, 0.3) is 0 Å². The molecular formula is C24H33FNO4V-. The number of rotatable bonds is 6. The van der Waals surface area contributed by atoms with Crippen LogP contribution in [-0.4, -0.2) is 42.1 Å². The van der Waals surface area contributed by atoms with Crippen LogP contribution in [0, 0.1) is 12.4 Å². The quantitative estimate of drug-likeness (QED) is 0.460. The molecule has 1 unspecified atom stereocenters. The minimum absolute atomic E-state index is 0. The van der Waals surface area contributed by atoms with Gasteiger partial charge in [-0.1, -0.05) is 37.4 Å². The molecule has 1 aromatic rings. The predicted octanol–water partition coefficient (Wildman–Crippen LogP) is 4.32. The van der Waals surface area contributed by atoms with Gasteiger partial charge in [-0.05, 0) is 55.0 Å². The fourth-order valence-corrected chi connectivity index (χ4v) is 3.63. The van der Waals surface area contributed by atoms with Crippen LogP contribution in [0.2, 0.25) is 0 Å². The van der Waals surface area contributed by atoms with Crippen LogP contribution in [-0.2, 0) is 32.8 Å². The van der Waals surface area contributed by atoms with Crippen LogP contribution in [0.25, 0.3) is 0 Å². The van der Waals surface area contributed by atoms with Gasteiger partial charge in [0, 0.05) is 31.2 Å². The Morgan fingerprint density at radius 1 is 1.23 bits per heavy atom. The van der Waals surface area contributed by atoms with Gasteiger partial charge in [0.2, 0.25) is 6.41 Å². The number of benzene rings is 1. The number of nitrogens with zero attached hydrogens (tertiary/aromatic N) is 1. The fraction of sp³-hybridized carbons (Fsp3) is 0.417. The monoisotopic (exact) mass is 469 g/mol. The van der Waals surface area contributed by atoms with E-state index in [2.05, 4.69) is 20.1 Å². The molecule has 0 bridgehead atoms. The molecule has 1 saturated heterocycles. The van der Waals surface area contributed by atoms with Crippen LogP contribution < -0.4 is 0 Å². The summed E-state index contributed by atoms with van der Waals surface area (Å²) < 4.78 is 23.7. The van der Waals surface area contributed by atoms with Crippen LogP contribution in [0.1, 0.15) is 44.7 Å². The summed E-state index contributed by atoms with van der Waals surface area (Å²) in [6, 6.07) is 6.00. The van der Waals surface area contributed by atoms with Crippen molar-refractivity contribution in [2.45, 2.75) is 51.4 Å². The van der Waals surface area contributed by atoms with Crippen LogP contribution in [0.4, 0.5) is 4.39 Å². The average Bonchev–Trinajstić information content (AvgIpc) is 2.75. The zero-order valence-electron chi connectivity index (χ0n) is 18.3. The molecule has 171 valence electrons. The van der Waals surface area contributed by atoms with Gasteiger partial charge in [-0.3, -0.25) is 4.79 Å². The Labute approximate surface area is 197 Å². The maximum Gasteiger partial charge on any atom is 0.210 e. The summed E-state index contributed by atoms with van der Waals surface area (Å²) in [5.41, 5.74) is 2.92. The molecule has 7 heteroatoms. The van der Waals surface area contributed by atoms with E-state index in [0.29, 0.717) is 18.8 Å². The second kappa shape index (κ2) is 15.2. The van der Waals surface area contributed by atoms with E-state index in [1.165, 1.54) is 12.1 Å². The van der Waals surface area contributed by atoms with Gasteiger partial charge in [0.1, 0.15) is 5.82 Å². The van der Waals surface area contributed by atoms with Gasteiger partial charge in [0.05, 0.1) is 18.8 Å². The van der Waals surface area contributed by atoms with E-state index >= 15 is 0 Å². The topological polar surface area (TPSA) is 70.3 Å². The first-order valence-electron chi connectivity index (χ1n) is 10.0. The normalized spacial score (nSPS) is 22.8. The average molecular weight is 469 g/mol. The Balaban J connectivity index is 0.000000643. The van der Waals surface area contributed by atoms with Crippen LogP contribution in [0.15, 0.2) is 60.7 Å². The molecule has 0 aromatic heterocycles. The maximum absolute atomic E-state index is 13.0. The Morgan fingerprint density at radius 3 is 2.39 bits per heavy atom. The minimum atomic E-state index is -0.287. The van der Waals surface area contributed by atoms with E-state index < -0.39 is 0 Å². The third kappa shape index (κ3) is 8.39. The molecule has 0 aliphatic carbocycles. The molecule has 1 fully saturated rings. The van der Waals surface area contributed by atoms with E-state index in [0.717, 1.165) is 49.0 Å². The summed E-state index contributed by atoms with van der Waals surface area (Å²) in [7, 11) is 0. The summed E-state index contributed by atoms with van der Waals surface area (Å²) in [5, 5.41) is 0. The first-order chi connectivity index (χ1) is 14.0. The van der Waals surface area contributed by atoms with Crippen LogP contribution in [0.3, 0.4) is 0 Å². The molecule has 2 aliphatic heterocycles. The number of amides is 1. The van der Waals surface area contributed by atoms with Crippen molar-refractivity contribution in [1.82, 2.24) is 4.90 Å². The number of hydrogen-bond acceptors (Lipinski definition) is 3. The van der Waals surface area contributed by atoms with Gasteiger partial charge >= 0.3 is 0 Å². The van der Waals surface area contributed by atoms with Crippen molar-refractivity contribution in [2.75, 3.05) is 13.2 Å². The summed E-state index contributed by atoms with van der Waals surface area (Å²) in [6.07, 6.45) is 8.14. The van der Waals surface area contributed by atoms with Crippen molar-refractivity contribution in [2.24, 2.45) is 0 Å². The van der Waals surface area contributed by atoms with Gasteiger partial charge in [-0.2, -0.15) is 6.92 Å². The fourth-order valence-electron chi connectivity index (χ4n) is 3.63. The smallest absolute Gasteiger partial charge is 0.210 e. The molecular weight excluding hydrogens is 436 g/mol. The van der Waals surface area contributed by atoms with E-state index in [1.54, 1.807) is 35.8 Å². The second-order valence-corrected chi connectivity index (χ2v) is 7.15. The molecule has 31 heavy (non-hydrogen) atoms. The largest absolute Gasteiger partial charge is 0.548 e. The van der Waals surface area contributed by atoms with Crippen LogP contribution >= 0.6 is 0 Å². The molecule has 2 N–H and O–H groups in total. The Morgan fingerprint density at radius 2 is 1.90 bits per heavy atom. The minimum Gasteiger partial charge on any atom is -0.548 e. The van der Waals surface area contributed by atoms with Gasteiger partial charge in [0.15, 0.2) is 0 Å². The third-order valence-electron chi connectivity index (χ3n) is 5.21. The van der Waals surface area contributed by atoms with Crippen LogP contribution in [0.5, 0.6) is 0 Å². The van der Waals surface area contributed by atoms with Crippen molar-refractivity contribution in [3.63, 3.8) is 0 Å². The molecule has 0 saturated carbocycles. The Kier molecular flexibility index (Phi) is 14.3. The van der Waals surface area contributed by atoms with E-state index in [1.807, 2.05) is 6.92 Å². The summed E-state index contributed by atoms with van der Waals surface area (Å²) in [4.78, 5) is 12.9. The van der Waals surface area contributed by atoms with Crippen molar-refractivity contribution in [3.8, 4) is 0 Å². The number of carbonyl (C=O) groups excluding carboxylic acids is 1. The molecule has 1 aromatic carbocycles. The zero-order chi connectivity index (χ0) is 21.2. The summed E-state index contributed by atoms with van der Waals surface area (Å²) in [6.45, 7) is 14.8. The molecule has 3 rings (SSSR count). The number of carbonyl (C=O) groups is 1. The van der Waals surface area contributed by atoms with Gasteiger partial charge < -0.3 is 19.8 Å². The number of hydrogen-bond donors (Lipinski definition) is 0. The zero-order valence-corrected chi connectivity index (χ0v) is 19.7. The molecule has 5 nitrogen and oxygen atoms in total. The number of ether oxygens (including phenoxy) is 2. The molecule has 0 spiro atoms. The molecule has 1 radical (unpaired) electrons. The number of halogens is 1.